The van der Waals surface area contributed by atoms with Gasteiger partial charge in [0.25, 0.3) is 0 Å². The molecule has 1 saturated carbocycles. The Morgan fingerprint density at radius 3 is 1.86 bits per heavy atom. The number of nitrogens with two attached hydrogens (primary N) is 1. The van der Waals surface area contributed by atoms with Crippen LogP contribution in [0.15, 0.2) is 0 Å². The number of hydrogen-bond acceptors (Lipinski definition) is 2. The smallest absolute Gasteiger partial charge is 0.0188 e. The maximum absolute atomic E-state index is 6.01. The molecule has 1 rings (SSSR count). The van der Waals surface area contributed by atoms with Crippen molar-refractivity contribution >= 4 is 0 Å². The first-order chi connectivity index (χ1) is 6.21. The zero-order valence-corrected chi connectivity index (χ0v) is 10.5. The Balaban J connectivity index is 2.36. The Morgan fingerprint density at radius 1 is 1.14 bits per heavy atom. The summed E-state index contributed by atoms with van der Waals surface area (Å²) in [5.41, 5.74) is 6.85. The lowest BCUT2D eigenvalue weighted by Crippen LogP contribution is -2.40. The molecular formula is C12H26N2. The van der Waals surface area contributed by atoms with Crippen LogP contribution >= 0.6 is 0 Å². The third-order valence-electron chi connectivity index (χ3n) is 4.43. The minimum Gasteiger partial charge on any atom is -0.326 e. The molecular weight excluding hydrogens is 172 g/mol. The summed E-state index contributed by atoms with van der Waals surface area (Å²) in [6, 6.07) is 0.905. The van der Waals surface area contributed by atoms with Crippen LogP contribution in [0.5, 0.6) is 0 Å². The van der Waals surface area contributed by atoms with E-state index in [9.17, 15) is 0 Å². The van der Waals surface area contributed by atoms with Gasteiger partial charge in [-0.15, -0.1) is 0 Å². The summed E-state index contributed by atoms with van der Waals surface area (Å²) in [5.74, 6) is 0.562. The molecule has 0 saturated heterocycles. The van der Waals surface area contributed by atoms with Crippen LogP contribution in [0.2, 0.25) is 0 Å². The molecule has 0 spiro atoms. The lowest BCUT2D eigenvalue weighted by atomic mass is 10.0. The van der Waals surface area contributed by atoms with E-state index in [2.05, 4.69) is 46.9 Å². The molecule has 0 aromatic heterocycles. The Bertz CT molecular complexity index is 192. The number of rotatable bonds is 4. The summed E-state index contributed by atoms with van der Waals surface area (Å²) in [5, 5.41) is 3.59. The molecule has 0 aliphatic heterocycles. The highest BCUT2D eigenvalue weighted by Crippen LogP contribution is 2.62. The van der Waals surface area contributed by atoms with Gasteiger partial charge in [-0.05, 0) is 16.7 Å². The maximum atomic E-state index is 6.01. The molecule has 1 aliphatic rings. The van der Waals surface area contributed by atoms with Crippen LogP contribution < -0.4 is 11.1 Å². The molecule has 0 aromatic rings. The van der Waals surface area contributed by atoms with E-state index in [4.69, 9.17) is 5.73 Å². The minimum atomic E-state index is 0.280. The van der Waals surface area contributed by atoms with Crippen LogP contribution in [0.4, 0.5) is 0 Å². The number of nitrogens with one attached hydrogen (secondary N) is 1. The van der Waals surface area contributed by atoms with Crippen molar-refractivity contribution in [2.45, 2.75) is 53.6 Å². The van der Waals surface area contributed by atoms with Crippen LogP contribution in [0.25, 0.3) is 0 Å². The highest BCUT2D eigenvalue weighted by molar-refractivity contribution is 5.17. The highest BCUT2D eigenvalue weighted by Gasteiger charge is 2.64. The van der Waals surface area contributed by atoms with Gasteiger partial charge in [-0.1, -0.05) is 41.5 Å². The zero-order chi connectivity index (χ0) is 11.1. The van der Waals surface area contributed by atoms with E-state index < -0.39 is 0 Å². The van der Waals surface area contributed by atoms with E-state index in [1.807, 2.05) is 0 Å². The molecule has 0 radical (unpaired) electrons. The van der Waals surface area contributed by atoms with Gasteiger partial charge >= 0.3 is 0 Å². The Kier molecular flexibility index (Phi) is 2.99. The average molecular weight is 198 g/mol. The minimum absolute atomic E-state index is 0.280. The molecule has 0 aromatic carbocycles. The van der Waals surface area contributed by atoms with Crippen molar-refractivity contribution in [3.8, 4) is 0 Å². The van der Waals surface area contributed by atoms with Crippen molar-refractivity contribution in [1.29, 1.82) is 0 Å². The first kappa shape index (κ1) is 12.0. The second-order valence-corrected chi connectivity index (χ2v) is 6.19. The van der Waals surface area contributed by atoms with E-state index in [0.29, 0.717) is 22.8 Å². The van der Waals surface area contributed by atoms with Crippen molar-refractivity contribution in [2.75, 3.05) is 6.54 Å². The largest absolute Gasteiger partial charge is 0.326 e. The Morgan fingerprint density at radius 2 is 1.57 bits per heavy atom. The molecule has 0 amide bonds. The molecule has 1 fully saturated rings. The van der Waals surface area contributed by atoms with E-state index in [1.165, 1.54) is 0 Å². The molecule has 84 valence electrons. The highest BCUT2D eigenvalue weighted by atomic mass is 15.1. The average Bonchev–Trinajstić information content (AvgIpc) is 2.39. The Labute approximate surface area is 88.6 Å². The standard InChI is InChI=1S/C12H26N2/c1-8(2)9(13)7-14-10-11(3,4)12(10,5)6/h8-10,14H,7,13H2,1-6H3. The maximum Gasteiger partial charge on any atom is 0.0188 e. The lowest BCUT2D eigenvalue weighted by molar-refractivity contribution is 0.437. The summed E-state index contributed by atoms with van der Waals surface area (Å²) in [4.78, 5) is 0. The molecule has 0 heterocycles. The van der Waals surface area contributed by atoms with Gasteiger partial charge in [-0.3, -0.25) is 0 Å². The van der Waals surface area contributed by atoms with E-state index in [1.54, 1.807) is 0 Å². The molecule has 3 N–H and O–H groups in total. The molecule has 2 nitrogen and oxygen atoms in total. The fourth-order valence-electron chi connectivity index (χ4n) is 2.20. The van der Waals surface area contributed by atoms with E-state index in [-0.39, 0.29) is 6.04 Å². The van der Waals surface area contributed by atoms with Crippen LogP contribution in [-0.4, -0.2) is 18.6 Å². The third-order valence-corrected chi connectivity index (χ3v) is 4.43. The molecule has 14 heavy (non-hydrogen) atoms. The van der Waals surface area contributed by atoms with Gasteiger partial charge in [-0.25, -0.2) is 0 Å². The molecule has 1 aliphatic carbocycles. The predicted molar refractivity (Wildman–Crippen MR) is 62.2 cm³/mol. The normalized spacial score (nSPS) is 26.6. The van der Waals surface area contributed by atoms with Crippen LogP contribution in [0.3, 0.4) is 0 Å². The molecule has 1 unspecified atom stereocenters. The second-order valence-electron chi connectivity index (χ2n) is 6.19. The summed E-state index contributed by atoms with van der Waals surface area (Å²) in [6.45, 7) is 14.6. The van der Waals surface area contributed by atoms with Gasteiger partial charge in [0, 0.05) is 18.6 Å². The van der Waals surface area contributed by atoms with Gasteiger partial charge in [0.05, 0.1) is 0 Å². The monoisotopic (exact) mass is 198 g/mol. The quantitative estimate of drug-likeness (QED) is 0.725. The summed E-state index contributed by atoms with van der Waals surface area (Å²) < 4.78 is 0. The molecule has 2 heteroatoms. The molecule has 0 bridgehead atoms. The predicted octanol–water partition coefficient (Wildman–Crippen LogP) is 1.99. The first-order valence-corrected chi connectivity index (χ1v) is 5.70. The summed E-state index contributed by atoms with van der Waals surface area (Å²) in [6.07, 6.45) is 0. The lowest BCUT2D eigenvalue weighted by Gasteiger charge is -2.17. The van der Waals surface area contributed by atoms with Gasteiger partial charge in [-0.2, -0.15) is 0 Å². The van der Waals surface area contributed by atoms with Crippen LogP contribution in [0, 0.1) is 16.7 Å². The van der Waals surface area contributed by atoms with Crippen molar-refractivity contribution in [1.82, 2.24) is 5.32 Å². The fourth-order valence-corrected chi connectivity index (χ4v) is 2.20. The second kappa shape index (κ2) is 3.49. The van der Waals surface area contributed by atoms with Gasteiger partial charge in [0.15, 0.2) is 0 Å². The summed E-state index contributed by atoms with van der Waals surface area (Å²) >= 11 is 0. The SMILES string of the molecule is CC(C)C(N)CNC1C(C)(C)C1(C)C. The first-order valence-electron chi connectivity index (χ1n) is 5.70. The van der Waals surface area contributed by atoms with E-state index in [0.717, 1.165) is 6.54 Å². The van der Waals surface area contributed by atoms with Gasteiger partial charge in [0.1, 0.15) is 0 Å². The van der Waals surface area contributed by atoms with Crippen molar-refractivity contribution in [3.63, 3.8) is 0 Å². The van der Waals surface area contributed by atoms with Gasteiger partial charge in [0.2, 0.25) is 0 Å². The van der Waals surface area contributed by atoms with E-state index >= 15 is 0 Å². The topological polar surface area (TPSA) is 38.0 Å². The third kappa shape index (κ3) is 1.82. The van der Waals surface area contributed by atoms with Crippen LogP contribution in [-0.2, 0) is 0 Å². The zero-order valence-electron chi connectivity index (χ0n) is 10.5. The van der Waals surface area contributed by atoms with Gasteiger partial charge < -0.3 is 11.1 Å². The molecule has 1 atom stereocenters. The Hall–Kier alpha value is -0.0800. The summed E-state index contributed by atoms with van der Waals surface area (Å²) in [7, 11) is 0. The fraction of sp³-hybridized carbons (Fsp3) is 1.00. The van der Waals surface area contributed by atoms with Crippen molar-refractivity contribution in [2.24, 2.45) is 22.5 Å². The number of hydrogen-bond donors (Lipinski definition) is 2. The van der Waals surface area contributed by atoms with Crippen LogP contribution in [0.1, 0.15) is 41.5 Å². The van der Waals surface area contributed by atoms with Crippen molar-refractivity contribution < 1.29 is 0 Å². The van der Waals surface area contributed by atoms with Crippen molar-refractivity contribution in [3.05, 3.63) is 0 Å².